The molecular formula is C14H24N4O4. The van der Waals surface area contributed by atoms with Crippen molar-refractivity contribution < 1.29 is 19.1 Å². The van der Waals surface area contributed by atoms with Gasteiger partial charge in [0.25, 0.3) is 5.91 Å². The Morgan fingerprint density at radius 3 is 2.77 bits per heavy atom. The van der Waals surface area contributed by atoms with Crippen LogP contribution in [0.25, 0.3) is 0 Å². The van der Waals surface area contributed by atoms with Crippen LogP contribution in [0.3, 0.4) is 0 Å². The summed E-state index contributed by atoms with van der Waals surface area (Å²) in [4.78, 5) is 30.5. The Kier molecular flexibility index (Phi) is 4.72. The van der Waals surface area contributed by atoms with Gasteiger partial charge in [-0.1, -0.05) is 0 Å². The quantitative estimate of drug-likeness (QED) is 0.770. The maximum absolute atomic E-state index is 12.6. The van der Waals surface area contributed by atoms with Gasteiger partial charge in [0.2, 0.25) is 5.96 Å². The molecule has 0 aromatic carbocycles. The molecule has 2 amide bonds. The average Bonchev–Trinajstić information content (AvgIpc) is 2.94. The minimum absolute atomic E-state index is 0.111. The van der Waals surface area contributed by atoms with E-state index < -0.39 is 17.2 Å². The second-order valence-electron chi connectivity index (χ2n) is 6.47. The Morgan fingerprint density at radius 2 is 2.23 bits per heavy atom. The van der Waals surface area contributed by atoms with E-state index in [4.69, 9.17) is 9.47 Å². The molecule has 0 bridgehead atoms. The monoisotopic (exact) mass is 312 g/mol. The molecule has 1 unspecified atom stereocenters. The number of aliphatic imine (C=N–C) groups is 1. The Bertz CT molecular complexity index is 478. The number of amides is 2. The number of nitrogens with one attached hydrogen (secondary N) is 2. The molecule has 1 spiro atoms. The van der Waals surface area contributed by atoms with Crippen molar-refractivity contribution in [2.45, 2.75) is 38.3 Å². The number of guanidine groups is 1. The second kappa shape index (κ2) is 6.21. The molecule has 124 valence electrons. The topological polar surface area (TPSA) is 92.3 Å². The fourth-order valence-electron chi connectivity index (χ4n) is 2.50. The molecule has 0 aromatic rings. The van der Waals surface area contributed by atoms with Gasteiger partial charge in [-0.25, -0.2) is 9.79 Å². The standard InChI is InChI=1S/C14H24N4O4/c1-13(2,3)22-12(20)16-11-17-14(5-6-15-9-14)10(19)18(11)7-8-21-4/h15H,5-9H2,1-4H3,(H,16,17,20). The highest BCUT2D eigenvalue weighted by molar-refractivity contribution is 6.11. The van der Waals surface area contributed by atoms with Crippen LogP contribution in [0.4, 0.5) is 4.79 Å². The first-order valence-electron chi connectivity index (χ1n) is 7.39. The van der Waals surface area contributed by atoms with Crippen LogP contribution >= 0.6 is 0 Å². The Balaban J connectivity index is 2.13. The summed E-state index contributed by atoms with van der Waals surface area (Å²) in [6.45, 7) is 7.25. The largest absolute Gasteiger partial charge is 0.444 e. The highest BCUT2D eigenvalue weighted by atomic mass is 16.6. The summed E-state index contributed by atoms with van der Waals surface area (Å²) in [5.41, 5.74) is -1.42. The summed E-state index contributed by atoms with van der Waals surface area (Å²) in [7, 11) is 1.56. The zero-order valence-electron chi connectivity index (χ0n) is 13.6. The van der Waals surface area contributed by atoms with Crippen LogP contribution in [0.15, 0.2) is 4.99 Å². The highest BCUT2D eigenvalue weighted by Gasteiger charge is 2.50. The predicted molar refractivity (Wildman–Crippen MR) is 80.6 cm³/mol. The molecule has 2 N–H and O–H groups in total. The molecule has 2 aliphatic rings. The van der Waals surface area contributed by atoms with Crippen LogP contribution in [0.5, 0.6) is 0 Å². The number of hydrogen-bond donors (Lipinski definition) is 2. The number of rotatable bonds is 3. The molecule has 2 heterocycles. The third kappa shape index (κ3) is 3.56. The molecular weight excluding hydrogens is 288 g/mol. The lowest BCUT2D eigenvalue weighted by atomic mass is 9.99. The number of carbonyl (C=O) groups excluding carboxylic acids is 2. The van der Waals surface area contributed by atoms with E-state index in [-0.39, 0.29) is 11.9 Å². The van der Waals surface area contributed by atoms with Crippen molar-refractivity contribution in [2.24, 2.45) is 4.99 Å². The Labute approximate surface area is 130 Å². The zero-order chi connectivity index (χ0) is 16.4. The van der Waals surface area contributed by atoms with Gasteiger partial charge in [-0.2, -0.15) is 0 Å². The smallest absolute Gasteiger partial charge is 0.414 e. The zero-order valence-corrected chi connectivity index (χ0v) is 13.6. The molecule has 1 fully saturated rings. The van der Waals surface area contributed by atoms with E-state index in [0.717, 1.165) is 6.54 Å². The average molecular weight is 312 g/mol. The van der Waals surface area contributed by atoms with Gasteiger partial charge in [-0.3, -0.25) is 15.0 Å². The van der Waals surface area contributed by atoms with E-state index in [1.54, 1.807) is 27.9 Å². The first-order chi connectivity index (χ1) is 10.3. The Hall–Kier alpha value is -1.67. The third-order valence-corrected chi connectivity index (χ3v) is 3.48. The molecule has 8 nitrogen and oxygen atoms in total. The fourth-order valence-corrected chi connectivity index (χ4v) is 2.50. The molecule has 2 rings (SSSR count). The molecule has 8 heteroatoms. The third-order valence-electron chi connectivity index (χ3n) is 3.48. The maximum atomic E-state index is 12.6. The SMILES string of the molecule is COCCN1C(=O)C2(CCNC2)N=C1NC(=O)OC(C)(C)C. The van der Waals surface area contributed by atoms with Crippen molar-refractivity contribution in [3.05, 3.63) is 0 Å². The number of hydrogen-bond acceptors (Lipinski definition) is 6. The number of ether oxygens (including phenoxy) is 2. The molecule has 1 atom stereocenters. The summed E-state index contributed by atoms with van der Waals surface area (Å²) < 4.78 is 10.3. The second-order valence-corrected chi connectivity index (χ2v) is 6.47. The van der Waals surface area contributed by atoms with E-state index in [9.17, 15) is 9.59 Å². The lowest BCUT2D eigenvalue weighted by Crippen LogP contribution is -2.49. The van der Waals surface area contributed by atoms with E-state index in [0.29, 0.717) is 26.1 Å². The summed E-state index contributed by atoms with van der Waals surface area (Å²) in [5.74, 6) is 0.126. The van der Waals surface area contributed by atoms with E-state index >= 15 is 0 Å². The van der Waals surface area contributed by atoms with Gasteiger partial charge in [0, 0.05) is 13.7 Å². The summed E-state index contributed by atoms with van der Waals surface area (Å²) in [6.07, 6.45) is -0.00100. The van der Waals surface area contributed by atoms with Gasteiger partial charge in [0.15, 0.2) is 5.54 Å². The van der Waals surface area contributed by atoms with Gasteiger partial charge in [-0.15, -0.1) is 0 Å². The van der Waals surface area contributed by atoms with Crippen LogP contribution in [0.2, 0.25) is 0 Å². The van der Waals surface area contributed by atoms with Crippen LogP contribution in [0.1, 0.15) is 27.2 Å². The molecule has 22 heavy (non-hydrogen) atoms. The molecule has 1 saturated heterocycles. The summed E-state index contributed by atoms with van der Waals surface area (Å²) in [6, 6.07) is 0. The lowest BCUT2D eigenvalue weighted by molar-refractivity contribution is -0.131. The number of alkyl carbamates (subject to hydrolysis) is 1. The minimum atomic E-state index is -0.807. The molecule has 2 aliphatic heterocycles. The Morgan fingerprint density at radius 1 is 1.50 bits per heavy atom. The lowest BCUT2D eigenvalue weighted by Gasteiger charge is -2.23. The predicted octanol–water partition coefficient (Wildman–Crippen LogP) is 0.0878. The van der Waals surface area contributed by atoms with E-state index in [1.165, 1.54) is 4.90 Å². The van der Waals surface area contributed by atoms with Crippen LogP contribution in [0, 0.1) is 0 Å². The minimum Gasteiger partial charge on any atom is -0.444 e. The van der Waals surface area contributed by atoms with Gasteiger partial charge in [0.1, 0.15) is 5.60 Å². The highest BCUT2D eigenvalue weighted by Crippen LogP contribution is 2.28. The first-order valence-corrected chi connectivity index (χ1v) is 7.39. The maximum Gasteiger partial charge on any atom is 0.414 e. The summed E-state index contributed by atoms with van der Waals surface area (Å²) >= 11 is 0. The number of carbonyl (C=O) groups is 2. The molecule has 0 saturated carbocycles. The van der Waals surface area contributed by atoms with E-state index in [1.807, 2.05) is 0 Å². The van der Waals surface area contributed by atoms with E-state index in [2.05, 4.69) is 15.6 Å². The van der Waals surface area contributed by atoms with Gasteiger partial charge in [0.05, 0.1) is 13.2 Å². The van der Waals surface area contributed by atoms with Crippen LogP contribution in [-0.4, -0.2) is 67.4 Å². The fraction of sp³-hybridized carbons (Fsp3) is 0.786. The van der Waals surface area contributed by atoms with Crippen molar-refractivity contribution in [1.29, 1.82) is 0 Å². The summed E-state index contributed by atoms with van der Waals surface area (Å²) in [5, 5.41) is 5.73. The van der Waals surface area contributed by atoms with Crippen molar-refractivity contribution in [3.8, 4) is 0 Å². The van der Waals surface area contributed by atoms with Crippen molar-refractivity contribution in [2.75, 3.05) is 33.4 Å². The number of nitrogens with zero attached hydrogens (tertiary/aromatic N) is 2. The van der Waals surface area contributed by atoms with Gasteiger partial charge in [-0.05, 0) is 33.7 Å². The van der Waals surface area contributed by atoms with Gasteiger partial charge >= 0.3 is 6.09 Å². The normalized spacial score (nSPS) is 24.8. The van der Waals surface area contributed by atoms with Gasteiger partial charge < -0.3 is 14.8 Å². The molecule has 0 radical (unpaired) electrons. The van der Waals surface area contributed by atoms with Crippen molar-refractivity contribution >= 4 is 18.0 Å². The number of methoxy groups -OCH3 is 1. The first kappa shape index (κ1) is 16.7. The van der Waals surface area contributed by atoms with Crippen molar-refractivity contribution in [1.82, 2.24) is 15.5 Å². The molecule has 0 aromatic heterocycles. The van der Waals surface area contributed by atoms with Crippen molar-refractivity contribution in [3.63, 3.8) is 0 Å². The van der Waals surface area contributed by atoms with Crippen LogP contribution in [-0.2, 0) is 14.3 Å². The van der Waals surface area contributed by atoms with Crippen LogP contribution < -0.4 is 10.6 Å². The molecule has 0 aliphatic carbocycles.